The third kappa shape index (κ3) is 9.89. The summed E-state index contributed by atoms with van der Waals surface area (Å²) < 4.78 is 39.5. The SMILES string of the molecule is CC(C)(C)OC(=O)NC(CCC(=O)OCc1ccccc1)C(=O)N(CC1CCCN(c2ccccc2)C1=O)S(=O)(=O)c1ccccc1. The Morgan fingerprint density at radius 1 is 0.936 bits per heavy atom. The number of hydrogen-bond donors (Lipinski definition) is 1. The molecule has 0 aromatic heterocycles. The molecule has 1 aliphatic rings. The molecule has 1 heterocycles. The minimum atomic E-state index is -4.50. The van der Waals surface area contributed by atoms with Gasteiger partial charge in [-0.15, -0.1) is 0 Å². The Balaban J connectivity index is 1.62. The van der Waals surface area contributed by atoms with E-state index in [9.17, 15) is 27.6 Å². The topological polar surface area (TPSA) is 139 Å². The third-order valence-corrected chi connectivity index (χ3v) is 9.23. The van der Waals surface area contributed by atoms with Crippen molar-refractivity contribution in [3.8, 4) is 0 Å². The highest BCUT2D eigenvalue weighted by molar-refractivity contribution is 7.89. The summed E-state index contributed by atoms with van der Waals surface area (Å²) >= 11 is 0. The van der Waals surface area contributed by atoms with Gasteiger partial charge in [0.1, 0.15) is 18.2 Å². The maximum Gasteiger partial charge on any atom is 0.408 e. The second-order valence-electron chi connectivity index (χ2n) is 12.2. The van der Waals surface area contributed by atoms with E-state index in [-0.39, 0.29) is 30.3 Å². The van der Waals surface area contributed by atoms with E-state index in [1.165, 1.54) is 24.3 Å². The Morgan fingerprint density at radius 3 is 2.15 bits per heavy atom. The van der Waals surface area contributed by atoms with E-state index in [4.69, 9.17) is 9.47 Å². The molecule has 11 nitrogen and oxygen atoms in total. The van der Waals surface area contributed by atoms with Gasteiger partial charge in [-0.05, 0) is 69.9 Å². The number of amides is 3. The molecule has 3 amide bonds. The van der Waals surface area contributed by atoms with Crippen molar-refractivity contribution in [2.75, 3.05) is 18.0 Å². The highest BCUT2D eigenvalue weighted by Gasteiger charge is 2.40. The zero-order valence-electron chi connectivity index (χ0n) is 26.8. The number of carbonyl (C=O) groups is 4. The lowest BCUT2D eigenvalue weighted by molar-refractivity contribution is -0.145. The Bertz CT molecular complexity index is 1630. The van der Waals surface area contributed by atoms with Crippen LogP contribution in [-0.4, -0.2) is 61.3 Å². The second-order valence-corrected chi connectivity index (χ2v) is 14.1. The van der Waals surface area contributed by atoms with Crippen molar-refractivity contribution in [2.45, 2.75) is 69.6 Å². The van der Waals surface area contributed by atoms with Gasteiger partial charge >= 0.3 is 12.1 Å². The molecule has 0 radical (unpaired) electrons. The van der Waals surface area contributed by atoms with Gasteiger partial charge in [0.2, 0.25) is 5.91 Å². The van der Waals surface area contributed by atoms with E-state index in [0.717, 1.165) is 5.56 Å². The van der Waals surface area contributed by atoms with Crippen LogP contribution in [0.25, 0.3) is 0 Å². The number of anilines is 1. The molecule has 3 aromatic rings. The zero-order valence-corrected chi connectivity index (χ0v) is 27.6. The van der Waals surface area contributed by atoms with Gasteiger partial charge in [-0.2, -0.15) is 0 Å². The van der Waals surface area contributed by atoms with Crippen LogP contribution < -0.4 is 10.2 Å². The highest BCUT2D eigenvalue weighted by atomic mass is 32.2. The third-order valence-electron chi connectivity index (χ3n) is 7.45. The maximum absolute atomic E-state index is 14.3. The summed E-state index contributed by atoms with van der Waals surface area (Å²) in [5.41, 5.74) is 0.518. The highest BCUT2D eigenvalue weighted by Crippen LogP contribution is 2.28. The van der Waals surface area contributed by atoms with Crippen molar-refractivity contribution in [3.05, 3.63) is 96.6 Å². The standard InChI is InChI=1S/C35H41N3O8S/c1-35(2,3)46-34(42)36-30(21-22-31(39)45-25-26-14-7-4-8-15-26)33(41)38(47(43,44)29-19-11-6-12-20-29)24-27-16-13-23-37(32(27)40)28-17-9-5-10-18-28/h4-12,14-15,17-20,27,30H,13,16,21-25H2,1-3H3,(H,36,42). The first-order valence-electron chi connectivity index (χ1n) is 15.5. The van der Waals surface area contributed by atoms with Crippen molar-refractivity contribution < 1.29 is 37.1 Å². The fraction of sp³-hybridized carbons (Fsp3) is 0.371. The van der Waals surface area contributed by atoms with Crippen molar-refractivity contribution in [3.63, 3.8) is 0 Å². The molecule has 2 atom stereocenters. The first kappa shape index (κ1) is 35.1. The lowest BCUT2D eigenvalue weighted by Crippen LogP contribution is -2.54. The molecule has 0 aliphatic carbocycles. The Labute approximate surface area is 275 Å². The van der Waals surface area contributed by atoms with Crippen molar-refractivity contribution in [1.82, 2.24) is 9.62 Å². The summed E-state index contributed by atoms with van der Waals surface area (Å²) in [6.45, 7) is 4.93. The van der Waals surface area contributed by atoms with Crippen LogP contribution in [-0.2, 0) is 40.5 Å². The number of carbonyl (C=O) groups excluding carboxylic acids is 4. The Morgan fingerprint density at radius 2 is 1.53 bits per heavy atom. The summed E-state index contributed by atoms with van der Waals surface area (Å²) in [7, 11) is -4.50. The number of para-hydroxylation sites is 1. The lowest BCUT2D eigenvalue weighted by atomic mass is 9.96. The largest absolute Gasteiger partial charge is 0.461 e. The molecule has 1 aliphatic heterocycles. The summed E-state index contributed by atoms with van der Waals surface area (Å²) in [6.07, 6.45) is -0.601. The van der Waals surface area contributed by atoms with Crippen LogP contribution in [0.15, 0.2) is 95.9 Å². The smallest absolute Gasteiger partial charge is 0.408 e. The van der Waals surface area contributed by atoms with Gasteiger partial charge in [0.15, 0.2) is 0 Å². The van der Waals surface area contributed by atoms with E-state index < -0.39 is 52.1 Å². The van der Waals surface area contributed by atoms with Gasteiger partial charge in [0.05, 0.1) is 10.8 Å². The maximum atomic E-state index is 14.3. The van der Waals surface area contributed by atoms with Gasteiger partial charge in [0, 0.05) is 25.2 Å². The Hall–Kier alpha value is -4.71. The van der Waals surface area contributed by atoms with E-state index >= 15 is 0 Å². The van der Waals surface area contributed by atoms with Crippen LogP contribution in [0.1, 0.15) is 52.0 Å². The number of alkyl carbamates (subject to hydrolysis) is 1. The number of rotatable bonds is 12. The second kappa shape index (κ2) is 15.7. The number of ether oxygens (including phenoxy) is 2. The number of piperidine rings is 1. The number of nitrogens with one attached hydrogen (secondary N) is 1. The van der Waals surface area contributed by atoms with Gasteiger partial charge < -0.3 is 19.7 Å². The van der Waals surface area contributed by atoms with E-state index in [2.05, 4.69) is 5.32 Å². The Kier molecular flexibility index (Phi) is 11.8. The molecular weight excluding hydrogens is 622 g/mol. The molecular formula is C35H41N3O8S. The van der Waals surface area contributed by atoms with E-state index in [1.54, 1.807) is 80.3 Å². The molecule has 250 valence electrons. The molecule has 47 heavy (non-hydrogen) atoms. The van der Waals surface area contributed by atoms with Crippen LogP contribution in [0, 0.1) is 5.92 Å². The van der Waals surface area contributed by atoms with Crippen LogP contribution in [0.5, 0.6) is 0 Å². The minimum absolute atomic E-state index is 0.00793. The zero-order chi connectivity index (χ0) is 34.0. The minimum Gasteiger partial charge on any atom is -0.461 e. The monoisotopic (exact) mass is 663 g/mol. The van der Waals surface area contributed by atoms with E-state index in [0.29, 0.717) is 29.4 Å². The summed E-state index contributed by atoms with van der Waals surface area (Å²) in [4.78, 5) is 55.0. The quantitative estimate of drug-likeness (QED) is 0.265. The van der Waals surface area contributed by atoms with Crippen LogP contribution in [0.3, 0.4) is 0 Å². The number of hydrogen-bond acceptors (Lipinski definition) is 8. The first-order valence-corrected chi connectivity index (χ1v) is 17.0. The molecule has 4 rings (SSSR count). The van der Waals surface area contributed by atoms with Crippen LogP contribution >= 0.6 is 0 Å². The van der Waals surface area contributed by atoms with Crippen LogP contribution in [0.4, 0.5) is 10.5 Å². The predicted molar refractivity (Wildman–Crippen MR) is 175 cm³/mol. The lowest BCUT2D eigenvalue weighted by Gasteiger charge is -2.35. The summed E-state index contributed by atoms with van der Waals surface area (Å²) in [5, 5.41) is 2.47. The molecule has 1 saturated heterocycles. The van der Waals surface area contributed by atoms with Gasteiger partial charge in [0.25, 0.3) is 15.9 Å². The fourth-order valence-electron chi connectivity index (χ4n) is 5.16. The van der Waals surface area contributed by atoms with Crippen LogP contribution in [0.2, 0.25) is 0 Å². The molecule has 2 unspecified atom stereocenters. The summed E-state index contributed by atoms with van der Waals surface area (Å²) in [6, 6.07) is 24.0. The van der Waals surface area contributed by atoms with Gasteiger partial charge in [-0.1, -0.05) is 66.7 Å². The van der Waals surface area contributed by atoms with Gasteiger partial charge in [-0.3, -0.25) is 14.4 Å². The molecule has 3 aromatic carbocycles. The molecule has 0 spiro atoms. The van der Waals surface area contributed by atoms with E-state index in [1.807, 2.05) is 12.1 Å². The fourth-order valence-corrected chi connectivity index (χ4v) is 6.66. The van der Waals surface area contributed by atoms with Gasteiger partial charge in [-0.25, -0.2) is 17.5 Å². The molecule has 0 bridgehead atoms. The summed E-state index contributed by atoms with van der Waals surface area (Å²) in [5.74, 6) is -2.80. The normalized spacial score (nSPS) is 15.8. The number of nitrogens with zero attached hydrogens (tertiary/aromatic N) is 2. The molecule has 0 saturated carbocycles. The molecule has 1 N–H and O–H groups in total. The predicted octanol–water partition coefficient (Wildman–Crippen LogP) is 5.06. The number of esters is 1. The first-order chi connectivity index (χ1) is 22.3. The number of benzene rings is 3. The van der Waals surface area contributed by atoms with Crippen molar-refractivity contribution in [2.24, 2.45) is 5.92 Å². The van der Waals surface area contributed by atoms with Crippen molar-refractivity contribution in [1.29, 1.82) is 0 Å². The average molecular weight is 664 g/mol. The molecule has 1 fully saturated rings. The molecule has 12 heteroatoms. The average Bonchev–Trinajstić information content (AvgIpc) is 3.05. The van der Waals surface area contributed by atoms with Crippen molar-refractivity contribution >= 4 is 39.6 Å². The number of sulfonamides is 1.